The quantitative estimate of drug-likeness (QED) is 0.697. The van der Waals surface area contributed by atoms with Crippen molar-refractivity contribution in [3.05, 3.63) is 0 Å². The Labute approximate surface area is 92.6 Å². The maximum Gasteiger partial charge on any atom is 0.246 e. The van der Waals surface area contributed by atoms with Gasteiger partial charge in [0.25, 0.3) is 0 Å². The minimum Gasteiger partial charge on any atom is -0.366 e. The number of hydrogen-bond donors (Lipinski definition) is 2. The van der Waals surface area contributed by atoms with Gasteiger partial charge in [-0.15, -0.1) is 0 Å². The summed E-state index contributed by atoms with van der Waals surface area (Å²) >= 11 is 0. The van der Waals surface area contributed by atoms with Crippen LogP contribution in [0.15, 0.2) is 0 Å². The van der Waals surface area contributed by atoms with Gasteiger partial charge < -0.3 is 15.8 Å². The molecule has 0 aliphatic heterocycles. The summed E-state index contributed by atoms with van der Waals surface area (Å²) in [5.41, 5.74) is 5.12. The summed E-state index contributed by atoms with van der Waals surface area (Å²) in [5, 5.41) is 2.87. The smallest absolute Gasteiger partial charge is 0.246 e. The Bertz CT molecular complexity index is 188. The summed E-state index contributed by atoms with van der Waals surface area (Å²) in [4.78, 5) is 11.4. The van der Waals surface area contributed by atoms with Gasteiger partial charge in [0.2, 0.25) is 5.91 Å². The number of ether oxygens (including phenoxy) is 1. The molecular formula is C11H24N2O2. The fourth-order valence-corrected chi connectivity index (χ4v) is 1.09. The lowest BCUT2D eigenvalue weighted by Crippen LogP contribution is -2.37. The highest BCUT2D eigenvalue weighted by Gasteiger charge is 2.13. The molecule has 0 aromatic carbocycles. The zero-order valence-electron chi connectivity index (χ0n) is 10.3. The molecule has 0 rings (SSSR count). The van der Waals surface area contributed by atoms with Gasteiger partial charge in [0.15, 0.2) is 0 Å². The van der Waals surface area contributed by atoms with Gasteiger partial charge in [-0.1, -0.05) is 0 Å². The van der Waals surface area contributed by atoms with Crippen molar-refractivity contribution in [3.63, 3.8) is 0 Å². The summed E-state index contributed by atoms with van der Waals surface area (Å²) in [7, 11) is 0. The Kier molecular flexibility index (Phi) is 6.52. The monoisotopic (exact) mass is 216 g/mol. The summed E-state index contributed by atoms with van der Waals surface area (Å²) in [6.45, 7) is 8.55. The Morgan fingerprint density at radius 2 is 2.07 bits per heavy atom. The fraction of sp³-hybridized carbons (Fsp3) is 0.909. The lowest BCUT2D eigenvalue weighted by molar-refractivity contribution is -0.131. The van der Waals surface area contributed by atoms with E-state index >= 15 is 0 Å². The lowest BCUT2D eigenvalue weighted by Gasteiger charge is -2.20. The van der Waals surface area contributed by atoms with Crippen LogP contribution in [0, 0.1) is 0 Å². The molecule has 0 bridgehead atoms. The molecule has 0 spiro atoms. The van der Waals surface area contributed by atoms with E-state index in [1.807, 2.05) is 27.7 Å². The van der Waals surface area contributed by atoms with Gasteiger partial charge in [0, 0.05) is 6.04 Å². The average Bonchev–Trinajstić information content (AvgIpc) is 2.10. The zero-order chi connectivity index (χ0) is 11.9. The highest BCUT2D eigenvalue weighted by atomic mass is 16.5. The maximum absolute atomic E-state index is 11.4. The molecule has 0 radical (unpaired) electrons. The Morgan fingerprint density at radius 3 is 2.53 bits per heavy atom. The summed E-state index contributed by atoms with van der Waals surface area (Å²) in [6, 6.07) is 0.171. The van der Waals surface area contributed by atoms with E-state index in [0.29, 0.717) is 6.54 Å². The molecule has 1 atom stereocenters. The third kappa shape index (κ3) is 9.69. The van der Waals surface area contributed by atoms with Crippen LogP contribution in [0.5, 0.6) is 0 Å². The van der Waals surface area contributed by atoms with E-state index in [1.54, 1.807) is 0 Å². The molecule has 0 aromatic heterocycles. The largest absolute Gasteiger partial charge is 0.366 e. The molecule has 1 unspecified atom stereocenters. The molecule has 0 saturated carbocycles. The van der Waals surface area contributed by atoms with Crippen LogP contribution in [0.3, 0.4) is 0 Å². The van der Waals surface area contributed by atoms with E-state index < -0.39 is 0 Å². The first-order valence-electron chi connectivity index (χ1n) is 5.48. The second-order valence-electron chi connectivity index (χ2n) is 4.80. The second-order valence-corrected chi connectivity index (χ2v) is 4.80. The first-order valence-corrected chi connectivity index (χ1v) is 5.48. The van der Waals surface area contributed by atoms with Crippen molar-refractivity contribution >= 4 is 5.91 Å². The van der Waals surface area contributed by atoms with Gasteiger partial charge in [-0.25, -0.2) is 0 Å². The third-order valence-corrected chi connectivity index (χ3v) is 1.88. The highest BCUT2D eigenvalue weighted by molar-refractivity contribution is 5.77. The Hall–Kier alpha value is -0.610. The van der Waals surface area contributed by atoms with E-state index in [1.165, 1.54) is 0 Å². The molecule has 3 N–H and O–H groups in total. The number of rotatable bonds is 6. The van der Waals surface area contributed by atoms with E-state index in [2.05, 4.69) is 5.32 Å². The molecule has 0 fully saturated rings. The molecule has 0 aliphatic carbocycles. The summed E-state index contributed by atoms with van der Waals surface area (Å²) in [5.74, 6) is -0.0607. The molecule has 4 nitrogen and oxygen atoms in total. The minimum atomic E-state index is -0.266. The van der Waals surface area contributed by atoms with Crippen LogP contribution in [0.1, 0.15) is 40.5 Å². The van der Waals surface area contributed by atoms with E-state index in [-0.39, 0.29) is 24.2 Å². The van der Waals surface area contributed by atoms with Gasteiger partial charge >= 0.3 is 0 Å². The minimum absolute atomic E-state index is 0.0607. The third-order valence-electron chi connectivity index (χ3n) is 1.88. The molecule has 0 aliphatic rings. The van der Waals surface area contributed by atoms with Crippen LogP contribution in [0.25, 0.3) is 0 Å². The zero-order valence-corrected chi connectivity index (χ0v) is 10.3. The van der Waals surface area contributed by atoms with Crippen LogP contribution >= 0.6 is 0 Å². The van der Waals surface area contributed by atoms with Crippen molar-refractivity contribution < 1.29 is 9.53 Å². The molecule has 1 amide bonds. The Balaban J connectivity index is 3.64. The van der Waals surface area contributed by atoms with Gasteiger partial charge in [-0.3, -0.25) is 4.79 Å². The predicted octanol–water partition coefficient (Wildman–Crippen LogP) is 1.05. The van der Waals surface area contributed by atoms with Crippen molar-refractivity contribution in [1.82, 2.24) is 5.32 Å². The van der Waals surface area contributed by atoms with Crippen LogP contribution in [0.2, 0.25) is 0 Å². The second kappa shape index (κ2) is 6.80. The number of carbonyl (C=O) groups is 1. The first kappa shape index (κ1) is 14.4. The summed E-state index contributed by atoms with van der Waals surface area (Å²) in [6.07, 6.45) is 1.85. The topological polar surface area (TPSA) is 64.3 Å². The highest BCUT2D eigenvalue weighted by Crippen LogP contribution is 2.05. The summed E-state index contributed by atoms with van der Waals surface area (Å²) < 4.78 is 5.36. The predicted molar refractivity (Wildman–Crippen MR) is 61.6 cm³/mol. The van der Waals surface area contributed by atoms with Gasteiger partial charge in [-0.05, 0) is 47.1 Å². The van der Waals surface area contributed by atoms with Gasteiger partial charge in [0.05, 0.1) is 5.60 Å². The van der Waals surface area contributed by atoms with Crippen molar-refractivity contribution in [2.75, 3.05) is 13.2 Å². The van der Waals surface area contributed by atoms with E-state index in [9.17, 15) is 4.79 Å². The molecule has 4 heteroatoms. The SMILES string of the molecule is CC(CCCN)NC(=O)COC(C)(C)C. The number of nitrogens with one attached hydrogen (secondary N) is 1. The van der Waals surface area contributed by atoms with E-state index in [0.717, 1.165) is 12.8 Å². The van der Waals surface area contributed by atoms with Crippen LogP contribution in [0.4, 0.5) is 0 Å². The molecular weight excluding hydrogens is 192 g/mol. The average molecular weight is 216 g/mol. The fourth-order valence-electron chi connectivity index (χ4n) is 1.09. The van der Waals surface area contributed by atoms with Crippen LogP contribution in [-0.4, -0.2) is 30.7 Å². The van der Waals surface area contributed by atoms with Crippen LogP contribution < -0.4 is 11.1 Å². The molecule has 0 saturated heterocycles. The molecule has 0 aromatic rings. The van der Waals surface area contributed by atoms with E-state index in [4.69, 9.17) is 10.5 Å². The van der Waals surface area contributed by atoms with Crippen molar-refractivity contribution in [1.29, 1.82) is 0 Å². The van der Waals surface area contributed by atoms with Crippen molar-refractivity contribution in [2.24, 2.45) is 5.73 Å². The molecule has 0 heterocycles. The molecule has 90 valence electrons. The lowest BCUT2D eigenvalue weighted by atomic mass is 10.2. The van der Waals surface area contributed by atoms with Gasteiger partial charge in [0.1, 0.15) is 6.61 Å². The maximum atomic E-state index is 11.4. The van der Waals surface area contributed by atoms with Gasteiger partial charge in [-0.2, -0.15) is 0 Å². The van der Waals surface area contributed by atoms with Crippen LogP contribution in [-0.2, 0) is 9.53 Å². The molecule has 15 heavy (non-hydrogen) atoms. The first-order chi connectivity index (χ1) is 6.85. The standard InChI is InChI=1S/C11H24N2O2/c1-9(6-5-7-12)13-10(14)8-15-11(2,3)4/h9H,5-8,12H2,1-4H3,(H,13,14). The Morgan fingerprint density at radius 1 is 1.47 bits per heavy atom. The number of amides is 1. The van der Waals surface area contributed by atoms with Crippen molar-refractivity contribution in [2.45, 2.75) is 52.2 Å². The van der Waals surface area contributed by atoms with Crippen molar-refractivity contribution in [3.8, 4) is 0 Å². The number of hydrogen-bond acceptors (Lipinski definition) is 3. The number of nitrogens with two attached hydrogens (primary N) is 1. The normalized spacial score (nSPS) is 13.7. The number of carbonyl (C=O) groups excluding carboxylic acids is 1.